The lowest BCUT2D eigenvalue weighted by molar-refractivity contribution is -0.160. The van der Waals surface area contributed by atoms with E-state index >= 15 is 0 Å². The van der Waals surface area contributed by atoms with Crippen molar-refractivity contribution in [2.75, 3.05) is 13.2 Å². The molecule has 2 aromatic rings. The van der Waals surface area contributed by atoms with Gasteiger partial charge in [-0.05, 0) is 54.7 Å². The molecule has 0 N–H and O–H groups in total. The summed E-state index contributed by atoms with van der Waals surface area (Å²) in [5, 5.41) is 0. The molecule has 6 heteroatoms. The monoisotopic (exact) mass is 480 g/mol. The molecule has 2 amide bonds. The van der Waals surface area contributed by atoms with Crippen LogP contribution in [0.15, 0.2) is 48.5 Å². The Labute approximate surface area is 208 Å². The second-order valence-electron chi connectivity index (χ2n) is 9.79. The Morgan fingerprint density at radius 3 is 2.31 bits per heavy atom. The van der Waals surface area contributed by atoms with Crippen LogP contribution in [0.2, 0.25) is 0 Å². The summed E-state index contributed by atoms with van der Waals surface area (Å²) in [5.74, 6) is 0.363. The summed E-state index contributed by atoms with van der Waals surface area (Å²) in [7, 11) is 0. The molecule has 2 aromatic carbocycles. The van der Waals surface area contributed by atoms with E-state index in [2.05, 4.69) is 6.92 Å². The lowest BCUT2D eigenvalue weighted by Gasteiger charge is -2.44. The number of piperazine rings is 1. The van der Waals surface area contributed by atoms with E-state index in [1.54, 1.807) is 17.0 Å². The number of hydrogen-bond donors (Lipinski definition) is 0. The highest BCUT2D eigenvalue weighted by molar-refractivity contribution is 5.95. The Kier molecular flexibility index (Phi) is 8.78. The molecule has 1 aliphatic carbocycles. The van der Waals surface area contributed by atoms with Gasteiger partial charge in [0, 0.05) is 12.6 Å². The number of amides is 2. The average Bonchev–Trinajstić information content (AvgIpc) is 2.88. The highest BCUT2D eigenvalue weighted by Crippen LogP contribution is 2.34. The van der Waals surface area contributed by atoms with E-state index in [0.717, 1.165) is 55.4 Å². The Hall–Kier alpha value is -2.89. The molecule has 0 radical (unpaired) electrons. The van der Waals surface area contributed by atoms with Gasteiger partial charge < -0.3 is 14.5 Å². The molecular weight excluding hydrogens is 443 g/mol. The largest absolute Gasteiger partial charge is 0.494 e. The standard InChI is InChI=1S/C29H37FN2O3/c1-2-3-4-8-19-35-26-17-13-23(14-18-26)28-29(34)31(25-9-6-5-7-10-25)21-27(33)32(28)20-22-11-15-24(30)16-12-22/h11-18,25,28H,2-10,19-21H2,1H3. The van der Waals surface area contributed by atoms with E-state index in [1.165, 1.54) is 31.4 Å². The number of carbonyl (C=O) groups excluding carboxylic acids is 2. The van der Waals surface area contributed by atoms with Gasteiger partial charge in [-0.25, -0.2) is 4.39 Å². The van der Waals surface area contributed by atoms with Crippen molar-refractivity contribution in [1.82, 2.24) is 9.80 Å². The topological polar surface area (TPSA) is 49.9 Å². The molecule has 1 unspecified atom stereocenters. The first kappa shape index (κ1) is 25.2. The molecule has 1 aliphatic heterocycles. The fourth-order valence-electron chi connectivity index (χ4n) is 5.20. The van der Waals surface area contributed by atoms with Crippen LogP contribution >= 0.6 is 0 Å². The van der Waals surface area contributed by atoms with Crippen molar-refractivity contribution in [3.63, 3.8) is 0 Å². The summed E-state index contributed by atoms with van der Waals surface area (Å²) < 4.78 is 19.3. The number of carbonyl (C=O) groups is 2. The first-order valence-electron chi connectivity index (χ1n) is 13.1. The molecule has 1 heterocycles. The van der Waals surface area contributed by atoms with Gasteiger partial charge in [0.15, 0.2) is 0 Å². The third-order valence-corrected chi connectivity index (χ3v) is 7.20. The third-order valence-electron chi connectivity index (χ3n) is 7.20. The number of unbranched alkanes of at least 4 members (excludes halogenated alkanes) is 3. The fourth-order valence-corrected chi connectivity index (χ4v) is 5.20. The summed E-state index contributed by atoms with van der Waals surface area (Å²) in [5.41, 5.74) is 1.58. The van der Waals surface area contributed by atoms with E-state index in [1.807, 2.05) is 29.2 Å². The van der Waals surface area contributed by atoms with Crippen molar-refractivity contribution in [1.29, 1.82) is 0 Å². The summed E-state index contributed by atoms with van der Waals surface area (Å²) in [4.78, 5) is 30.7. The van der Waals surface area contributed by atoms with Gasteiger partial charge in [-0.3, -0.25) is 9.59 Å². The predicted molar refractivity (Wildman–Crippen MR) is 134 cm³/mol. The van der Waals surface area contributed by atoms with E-state index in [0.29, 0.717) is 6.61 Å². The minimum Gasteiger partial charge on any atom is -0.494 e. The van der Waals surface area contributed by atoms with E-state index in [-0.39, 0.29) is 36.8 Å². The Morgan fingerprint density at radius 2 is 1.63 bits per heavy atom. The summed E-state index contributed by atoms with van der Waals surface area (Å²) >= 11 is 0. The zero-order chi connectivity index (χ0) is 24.6. The van der Waals surface area contributed by atoms with Gasteiger partial charge in [0.05, 0.1) is 6.61 Å². The number of ether oxygens (including phenoxy) is 1. The molecule has 1 saturated heterocycles. The second kappa shape index (κ2) is 12.2. The number of benzene rings is 2. The fraction of sp³-hybridized carbons (Fsp3) is 0.517. The minimum absolute atomic E-state index is 0.0214. The molecule has 1 saturated carbocycles. The zero-order valence-electron chi connectivity index (χ0n) is 20.8. The summed E-state index contributed by atoms with van der Waals surface area (Å²) in [6.45, 7) is 3.24. The Balaban J connectivity index is 1.54. The maximum Gasteiger partial charge on any atom is 0.250 e. The number of nitrogens with zero attached hydrogens (tertiary/aromatic N) is 2. The maximum absolute atomic E-state index is 13.8. The lowest BCUT2D eigenvalue weighted by atomic mass is 9.91. The second-order valence-corrected chi connectivity index (χ2v) is 9.79. The van der Waals surface area contributed by atoms with E-state index in [9.17, 15) is 14.0 Å². The summed E-state index contributed by atoms with van der Waals surface area (Å²) in [6.07, 6.45) is 9.86. The number of hydrogen-bond acceptors (Lipinski definition) is 3. The molecule has 4 rings (SSSR count). The lowest BCUT2D eigenvalue weighted by Crippen LogP contribution is -2.58. The molecule has 2 fully saturated rings. The van der Waals surface area contributed by atoms with Crippen LogP contribution in [0.5, 0.6) is 5.75 Å². The van der Waals surface area contributed by atoms with Gasteiger partial charge in [-0.15, -0.1) is 0 Å². The van der Waals surface area contributed by atoms with Gasteiger partial charge in [0.1, 0.15) is 24.2 Å². The molecular formula is C29H37FN2O3. The average molecular weight is 481 g/mol. The van der Waals surface area contributed by atoms with Crippen LogP contribution < -0.4 is 4.74 Å². The van der Waals surface area contributed by atoms with Crippen LogP contribution in [-0.2, 0) is 16.1 Å². The normalized spacial score (nSPS) is 19.3. The highest BCUT2D eigenvalue weighted by Gasteiger charge is 2.42. The quantitative estimate of drug-likeness (QED) is 0.390. The van der Waals surface area contributed by atoms with Crippen molar-refractivity contribution in [3.05, 3.63) is 65.5 Å². The maximum atomic E-state index is 13.8. The van der Waals surface area contributed by atoms with Crippen LogP contribution in [0.4, 0.5) is 4.39 Å². The zero-order valence-corrected chi connectivity index (χ0v) is 20.8. The molecule has 1 atom stereocenters. The van der Waals surface area contributed by atoms with Crippen molar-refractivity contribution in [2.24, 2.45) is 0 Å². The Morgan fingerprint density at radius 1 is 0.914 bits per heavy atom. The first-order valence-corrected chi connectivity index (χ1v) is 13.1. The van der Waals surface area contributed by atoms with Crippen LogP contribution in [0.25, 0.3) is 0 Å². The smallest absolute Gasteiger partial charge is 0.250 e. The van der Waals surface area contributed by atoms with Gasteiger partial charge in [0.25, 0.3) is 5.91 Å². The first-order chi connectivity index (χ1) is 17.1. The van der Waals surface area contributed by atoms with Crippen molar-refractivity contribution < 1.29 is 18.7 Å². The van der Waals surface area contributed by atoms with Gasteiger partial charge in [0.2, 0.25) is 5.91 Å². The molecule has 35 heavy (non-hydrogen) atoms. The van der Waals surface area contributed by atoms with Crippen molar-refractivity contribution >= 4 is 11.8 Å². The molecule has 0 bridgehead atoms. The minimum atomic E-state index is -0.693. The van der Waals surface area contributed by atoms with Crippen molar-refractivity contribution in [2.45, 2.75) is 83.3 Å². The van der Waals surface area contributed by atoms with E-state index < -0.39 is 6.04 Å². The van der Waals surface area contributed by atoms with Gasteiger partial charge in [-0.2, -0.15) is 0 Å². The Bertz CT molecular complexity index is 970. The van der Waals surface area contributed by atoms with Crippen LogP contribution in [0, 0.1) is 5.82 Å². The molecule has 0 aromatic heterocycles. The van der Waals surface area contributed by atoms with Gasteiger partial charge in [-0.1, -0.05) is 69.7 Å². The SMILES string of the molecule is CCCCCCOc1ccc(C2C(=O)N(C3CCCCC3)CC(=O)N2Cc2ccc(F)cc2)cc1. The molecule has 2 aliphatic rings. The van der Waals surface area contributed by atoms with E-state index in [4.69, 9.17) is 4.74 Å². The summed E-state index contributed by atoms with van der Waals surface area (Å²) in [6, 6.07) is 13.1. The van der Waals surface area contributed by atoms with Gasteiger partial charge >= 0.3 is 0 Å². The van der Waals surface area contributed by atoms with Crippen molar-refractivity contribution in [3.8, 4) is 5.75 Å². The van der Waals surface area contributed by atoms with Crippen LogP contribution in [0.1, 0.15) is 81.9 Å². The molecule has 0 spiro atoms. The molecule has 5 nitrogen and oxygen atoms in total. The predicted octanol–water partition coefficient (Wildman–Crippen LogP) is 6.03. The molecule has 188 valence electrons. The third kappa shape index (κ3) is 6.41. The van der Waals surface area contributed by atoms with Crippen LogP contribution in [-0.4, -0.2) is 40.8 Å². The van der Waals surface area contributed by atoms with Crippen LogP contribution in [0.3, 0.4) is 0 Å². The highest BCUT2D eigenvalue weighted by atomic mass is 19.1. The number of rotatable bonds is 10. The number of halogens is 1.